The lowest BCUT2D eigenvalue weighted by Gasteiger charge is -2.07. The summed E-state index contributed by atoms with van der Waals surface area (Å²) in [6, 6.07) is 0. The van der Waals surface area contributed by atoms with Crippen molar-refractivity contribution in [1.29, 1.82) is 0 Å². The predicted molar refractivity (Wildman–Crippen MR) is 47.9 cm³/mol. The summed E-state index contributed by atoms with van der Waals surface area (Å²) >= 11 is 0. The molecule has 1 saturated carbocycles. The fraction of sp³-hybridized carbons (Fsp3) is 0.900. The van der Waals surface area contributed by atoms with E-state index in [0.29, 0.717) is 0 Å². The minimum Gasteiger partial charge on any atom is -0.481 e. The summed E-state index contributed by atoms with van der Waals surface area (Å²) in [5, 5.41) is 8.81. The molecular weight excluding hydrogens is 152 g/mol. The first-order valence-corrected chi connectivity index (χ1v) is 4.91. The first-order chi connectivity index (χ1) is 5.69. The number of carboxylic acid groups (broad SMARTS) is 1. The van der Waals surface area contributed by atoms with Gasteiger partial charge in [0.2, 0.25) is 0 Å². The van der Waals surface area contributed by atoms with E-state index in [-0.39, 0.29) is 5.92 Å². The average Bonchev–Trinajstić information content (AvgIpc) is 2.78. The largest absolute Gasteiger partial charge is 0.481 e. The maximum Gasteiger partial charge on any atom is 0.306 e. The van der Waals surface area contributed by atoms with Crippen LogP contribution >= 0.6 is 0 Å². The highest BCUT2D eigenvalue weighted by atomic mass is 16.4. The van der Waals surface area contributed by atoms with Gasteiger partial charge in [-0.2, -0.15) is 0 Å². The van der Waals surface area contributed by atoms with Crippen LogP contribution in [0.2, 0.25) is 0 Å². The molecule has 12 heavy (non-hydrogen) atoms. The molecule has 1 aliphatic rings. The van der Waals surface area contributed by atoms with Crippen LogP contribution in [0.1, 0.15) is 39.5 Å². The predicted octanol–water partition coefficient (Wildman–Crippen LogP) is 2.53. The molecule has 1 rings (SSSR count). The molecule has 0 aromatic carbocycles. The van der Waals surface area contributed by atoms with Crippen molar-refractivity contribution in [3.8, 4) is 0 Å². The van der Waals surface area contributed by atoms with Crippen molar-refractivity contribution in [2.75, 3.05) is 0 Å². The highest BCUT2D eigenvalue weighted by Gasteiger charge is 2.37. The van der Waals surface area contributed by atoms with Gasteiger partial charge in [-0.15, -0.1) is 0 Å². The van der Waals surface area contributed by atoms with Crippen LogP contribution in [0.3, 0.4) is 0 Å². The Morgan fingerprint density at radius 1 is 1.50 bits per heavy atom. The highest BCUT2D eigenvalue weighted by Crippen LogP contribution is 2.45. The Hall–Kier alpha value is -0.530. The van der Waals surface area contributed by atoms with E-state index >= 15 is 0 Å². The van der Waals surface area contributed by atoms with Gasteiger partial charge >= 0.3 is 5.97 Å². The van der Waals surface area contributed by atoms with Gasteiger partial charge in [-0.05, 0) is 31.1 Å². The Kier molecular flexibility index (Phi) is 3.12. The zero-order valence-corrected chi connectivity index (χ0v) is 7.92. The molecule has 0 radical (unpaired) electrons. The molecule has 2 nitrogen and oxygen atoms in total. The standard InChI is InChI=1S/C10H18O2/c1-3-7-5-9(7)6-8(4-2)10(11)12/h7-9H,3-6H2,1-2H3,(H,11,12). The third kappa shape index (κ3) is 2.23. The van der Waals surface area contributed by atoms with Crippen LogP contribution in [0.15, 0.2) is 0 Å². The molecule has 2 heteroatoms. The molecule has 0 amide bonds. The Bertz CT molecular complexity index is 165. The van der Waals surface area contributed by atoms with Gasteiger partial charge in [0.05, 0.1) is 5.92 Å². The van der Waals surface area contributed by atoms with Crippen LogP contribution in [0.4, 0.5) is 0 Å². The van der Waals surface area contributed by atoms with E-state index in [1.807, 2.05) is 6.92 Å². The zero-order valence-electron chi connectivity index (χ0n) is 7.92. The lowest BCUT2D eigenvalue weighted by atomic mass is 9.98. The SMILES string of the molecule is CCC(CC1CC1CC)C(=O)O. The number of carboxylic acids is 1. The second-order valence-electron chi connectivity index (χ2n) is 3.84. The number of rotatable bonds is 5. The molecule has 0 saturated heterocycles. The fourth-order valence-corrected chi connectivity index (χ4v) is 1.91. The van der Waals surface area contributed by atoms with E-state index in [9.17, 15) is 4.79 Å². The van der Waals surface area contributed by atoms with Crippen LogP contribution in [0.25, 0.3) is 0 Å². The minimum absolute atomic E-state index is 0.0912. The van der Waals surface area contributed by atoms with E-state index < -0.39 is 5.97 Å². The van der Waals surface area contributed by atoms with Gasteiger partial charge in [0.15, 0.2) is 0 Å². The molecule has 1 fully saturated rings. The average molecular weight is 170 g/mol. The molecule has 0 aromatic heterocycles. The number of hydrogen-bond donors (Lipinski definition) is 1. The minimum atomic E-state index is -0.612. The summed E-state index contributed by atoms with van der Waals surface area (Å²) in [5.41, 5.74) is 0. The number of carbonyl (C=O) groups is 1. The Morgan fingerprint density at radius 2 is 2.17 bits per heavy atom. The summed E-state index contributed by atoms with van der Waals surface area (Å²) in [4.78, 5) is 10.7. The molecule has 0 heterocycles. The molecule has 3 unspecified atom stereocenters. The second kappa shape index (κ2) is 3.92. The molecule has 70 valence electrons. The summed E-state index contributed by atoms with van der Waals surface area (Å²) in [6.07, 6.45) is 4.17. The summed E-state index contributed by atoms with van der Waals surface area (Å²) in [6.45, 7) is 4.15. The van der Waals surface area contributed by atoms with Crippen molar-refractivity contribution in [2.45, 2.75) is 39.5 Å². The van der Waals surface area contributed by atoms with Gasteiger partial charge in [0.1, 0.15) is 0 Å². The quantitative estimate of drug-likeness (QED) is 0.688. The van der Waals surface area contributed by atoms with Crippen molar-refractivity contribution in [2.24, 2.45) is 17.8 Å². The van der Waals surface area contributed by atoms with E-state index in [1.165, 1.54) is 12.8 Å². The molecule has 1 aliphatic carbocycles. The van der Waals surface area contributed by atoms with Gasteiger partial charge in [-0.3, -0.25) is 4.79 Å². The summed E-state index contributed by atoms with van der Waals surface area (Å²) in [5.74, 6) is 0.847. The van der Waals surface area contributed by atoms with E-state index in [4.69, 9.17) is 5.11 Å². The van der Waals surface area contributed by atoms with Crippen LogP contribution in [0.5, 0.6) is 0 Å². The van der Waals surface area contributed by atoms with Crippen molar-refractivity contribution < 1.29 is 9.90 Å². The van der Waals surface area contributed by atoms with Crippen LogP contribution in [-0.4, -0.2) is 11.1 Å². The topological polar surface area (TPSA) is 37.3 Å². The van der Waals surface area contributed by atoms with Crippen molar-refractivity contribution in [3.63, 3.8) is 0 Å². The summed E-state index contributed by atoms with van der Waals surface area (Å²) in [7, 11) is 0. The van der Waals surface area contributed by atoms with Crippen LogP contribution in [0, 0.1) is 17.8 Å². The van der Waals surface area contributed by atoms with Gasteiger partial charge < -0.3 is 5.11 Å². The zero-order chi connectivity index (χ0) is 9.14. The monoisotopic (exact) mass is 170 g/mol. The van der Waals surface area contributed by atoms with Crippen molar-refractivity contribution in [1.82, 2.24) is 0 Å². The Balaban J connectivity index is 2.25. The molecule has 0 spiro atoms. The van der Waals surface area contributed by atoms with E-state index in [1.54, 1.807) is 0 Å². The van der Waals surface area contributed by atoms with E-state index in [0.717, 1.165) is 24.7 Å². The third-order valence-corrected chi connectivity index (χ3v) is 3.02. The smallest absolute Gasteiger partial charge is 0.306 e. The van der Waals surface area contributed by atoms with Gasteiger partial charge in [0.25, 0.3) is 0 Å². The highest BCUT2D eigenvalue weighted by molar-refractivity contribution is 5.69. The molecular formula is C10H18O2. The maximum absolute atomic E-state index is 10.7. The van der Waals surface area contributed by atoms with E-state index in [2.05, 4.69) is 6.92 Å². The fourth-order valence-electron chi connectivity index (χ4n) is 1.91. The normalized spacial score (nSPS) is 29.8. The molecule has 3 atom stereocenters. The molecule has 0 aliphatic heterocycles. The lowest BCUT2D eigenvalue weighted by molar-refractivity contribution is -0.142. The van der Waals surface area contributed by atoms with Gasteiger partial charge in [0, 0.05) is 0 Å². The summed E-state index contributed by atoms with van der Waals surface area (Å²) < 4.78 is 0. The first-order valence-electron chi connectivity index (χ1n) is 4.91. The van der Waals surface area contributed by atoms with Crippen LogP contribution in [-0.2, 0) is 4.79 Å². The lowest BCUT2D eigenvalue weighted by Crippen LogP contribution is -2.13. The molecule has 1 N–H and O–H groups in total. The Morgan fingerprint density at radius 3 is 2.50 bits per heavy atom. The van der Waals surface area contributed by atoms with Gasteiger partial charge in [-0.25, -0.2) is 0 Å². The van der Waals surface area contributed by atoms with Crippen LogP contribution < -0.4 is 0 Å². The number of hydrogen-bond acceptors (Lipinski definition) is 1. The molecule has 0 aromatic rings. The van der Waals surface area contributed by atoms with Gasteiger partial charge in [-0.1, -0.05) is 20.3 Å². The second-order valence-corrected chi connectivity index (χ2v) is 3.84. The first kappa shape index (κ1) is 9.56. The molecule has 0 bridgehead atoms. The van der Waals surface area contributed by atoms with Crippen molar-refractivity contribution >= 4 is 5.97 Å². The number of aliphatic carboxylic acids is 1. The maximum atomic E-state index is 10.7. The Labute approximate surface area is 74.0 Å². The van der Waals surface area contributed by atoms with Crippen molar-refractivity contribution in [3.05, 3.63) is 0 Å². The third-order valence-electron chi connectivity index (χ3n) is 3.02.